The van der Waals surface area contributed by atoms with Crippen molar-refractivity contribution in [3.63, 3.8) is 0 Å². The van der Waals surface area contributed by atoms with Gasteiger partial charge in [0, 0.05) is 0 Å². The summed E-state index contributed by atoms with van der Waals surface area (Å²) in [5.41, 5.74) is 7.34. The van der Waals surface area contributed by atoms with Crippen LogP contribution in [0, 0.1) is 0 Å². The zero-order valence-electron chi connectivity index (χ0n) is 15.3. The molecular formula is C24H23Cl2Zr. The number of hydrogen-bond acceptors (Lipinski definition) is 0. The summed E-state index contributed by atoms with van der Waals surface area (Å²) in [5, 5.41) is 0. The summed E-state index contributed by atoms with van der Waals surface area (Å²) in [7, 11) is 0. The molecule has 0 aliphatic heterocycles. The van der Waals surface area contributed by atoms with E-state index in [0.717, 1.165) is 12.8 Å². The minimum atomic E-state index is -0.845. The summed E-state index contributed by atoms with van der Waals surface area (Å²) in [6, 6.07) is 21.9. The van der Waals surface area contributed by atoms with E-state index in [9.17, 15) is 0 Å². The Kier molecular flexibility index (Phi) is 8.42. The predicted molar refractivity (Wildman–Crippen MR) is 118 cm³/mol. The van der Waals surface area contributed by atoms with Crippen molar-refractivity contribution in [2.45, 2.75) is 19.8 Å². The Morgan fingerprint density at radius 1 is 0.815 bits per heavy atom. The smallest absolute Gasteiger partial charge is 0.147 e. The Hall–Kier alpha value is -1.27. The van der Waals surface area contributed by atoms with E-state index in [4.69, 9.17) is 0 Å². The summed E-state index contributed by atoms with van der Waals surface area (Å²) < 4.78 is 3.31. The van der Waals surface area contributed by atoms with Gasteiger partial charge in [-0.05, 0) is 0 Å². The molecule has 0 bridgehead atoms. The van der Waals surface area contributed by atoms with Crippen molar-refractivity contribution >= 4 is 28.0 Å². The van der Waals surface area contributed by atoms with Crippen LogP contribution in [0.25, 0.3) is 0 Å². The Bertz CT molecular complexity index is 891. The largest absolute Gasteiger partial charge is 0.147 e. The number of benzene rings is 2. The molecule has 3 heteroatoms. The van der Waals surface area contributed by atoms with E-state index in [1.165, 1.54) is 22.3 Å². The molecule has 0 heterocycles. The van der Waals surface area contributed by atoms with Crippen molar-refractivity contribution in [2.24, 2.45) is 0 Å². The molecule has 2 aliphatic rings. The van der Waals surface area contributed by atoms with Crippen molar-refractivity contribution < 1.29 is 22.8 Å². The Morgan fingerprint density at radius 3 is 1.93 bits per heavy atom. The van der Waals surface area contributed by atoms with Crippen LogP contribution in [-0.4, -0.2) is 3.21 Å². The molecule has 0 N–H and O–H groups in total. The Balaban J connectivity index is 0.00000131. The molecule has 4 rings (SSSR count). The van der Waals surface area contributed by atoms with Gasteiger partial charge in [-0.15, -0.1) is 24.8 Å². The van der Waals surface area contributed by atoms with Gasteiger partial charge in [-0.2, -0.15) is 0 Å². The third kappa shape index (κ3) is 4.97. The molecule has 0 saturated carbocycles. The molecule has 0 spiro atoms. The Morgan fingerprint density at radius 2 is 1.41 bits per heavy atom. The molecule has 0 nitrogen and oxygen atoms in total. The van der Waals surface area contributed by atoms with Crippen LogP contribution in [0.2, 0.25) is 0 Å². The number of hydrogen-bond donors (Lipinski definition) is 0. The summed E-state index contributed by atoms with van der Waals surface area (Å²) >= 11 is -0.845. The predicted octanol–water partition coefficient (Wildman–Crippen LogP) is 6.67. The first-order valence-electron chi connectivity index (χ1n) is 8.84. The van der Waals surface area contributed by atoms with Crippen molar-refractivity contribution in [3.05, 3.63) is 116 Å². The van der Waals surface area contributed by atoms with Crippen molar-refractivity contribution in [3.8, 4) is 0 Å². The normalized spacial score (nSPS) is 14.7. The molecule has 2 aromatic carbocycles. The molecule has 0 unspecified atom stereocenters. The van der Waals surface area contributed by atoms with E-state index in [1.54, 1.807) is 12.1 Å². The van der Waals surface area contributed by atoms with Gasteiger partial charge in [-0.25, -0.2) is 0 Å². The monoisotopic (exact) mass is 471 g/mol. The molecule has 0 atom stereocenters. The van der Waals surface area contributed by atoms with Gasteiger partial charge < -0.3 is 0 Å². The summed E-state index contributed by atoms with van der Waals surface area (Å²) in [4.78, 5) is 0. The standard InChI is InChI=1S/C13H10.C11H11.2ClH.Zr/c1-3-7-12(8-4-1)11-13-9-5-2-6-10-13;1-9-5-4-8-11(9)10-6-2-3-7-10;;;/h1-10H;2-3,6,8H,4,7H2,1H3;2*1H;. The SMILES string of the molecule is CC1=[C]([Zr]=[C](c2ccccc2)c2ccccc2)CC=C1C1=CC=CC1.Cl.Cl. The van der Waals surface area contributed by atoms with Gasteiger partial charge in [0.05, 0.1) is 0 Å². The first kappa shape index (κ1) is 22.0. The van der Waals surface area contributed by atoms with E-state index < -0.39 is 22.8 Å². The number of rotatable bonds is 4. The zero-order chi connectivity index (χ0) is 17.1. The molecule has 0 radical (unpaired) electrons. The minimum absolute atomic E-state index is 0. The topological polar surface area (TPSA) is 0 Å². The quantitative estimate of drug-likeness (QED) is 0.465. The van der Waals surface area contributed by atoms with Crippen LogP contribution in [-0.2, 0) is 22.8 Å². The summed E-state index contributed by atoms with van der Waals surface area (Å²) in [5.74, 6) is 0. The first-order chi connectivity index (χ1) is 12.3. The van der Waals surface area contributed by atoms with E-state index in [0.29, 0.717) is 0 Å². The molecule has 0 aromatic heterocycles. The molecular weight excluding hydrogens is 450 g/mol. The van der Waals surface area contributed by atoms with Crippen molar-refractivity contribution in [1.82, 2.24) is 0 Å². The van der Waals surface area contributed by atoms with Gasteiger partial charge >= 0.3 is 162 Å². The molecule has 0 amide bonds. The van der Waals surface area contributed by atoms with Gasteiger partial charge in [-0.1, -0.05) is 0 Å². The minimum Gasteiger partial charge on any atom is -0.147 e. The first-order valence-corrected chi connectivity index (χ1v) is 11.3. The van der Waals surface area contributed by atoms with Gasteiger partial charge in [0.1, 0.15) is 0 Å². The molecule has 2 aliphatic carbocycles. The van der Waals surface area contributed by atoms with Crippen LogP contribution in [0.15, 0.2) is 105 Å². The molecule has 137 valence electrons. The number of allylic oxidation sites excluding steroid dienone is 8. The van der Waals surface area contributed by atoms with Gasteiger partial charge in [0.15, 0.2) is 0 Å². The van der Waals surface area contributed by atoms with E-state index in [1.807, 2.05) is 0 Å². The maximum absolute atomic E-state index is 2.46. The third-order valence-electron chi connectivity index (χ3n) is 4.89. The maximum Gasteiger partial charge on any atom is -0.147 e. The van der Waals surface area contributed by atoms with Gasteiger partial charge in [0.25, 0.3) is 0 Å². The summed E-state index contributed by atoms with van der Waals surface area (Å²) in [6.45, 7) is 2.34. The fraction of sp³-hybridized carbons (Fsp3) is 0.125. The third-order valence-corrected chi connectivity index (χ3v) is 9.08. The second-order valence-corrected chi connectivity index (χ2v) is 9.81. The zero-order valence-corrected chi connectivity index (χ0v) is 19.4. The molecule has 0 saturated heterocycles. The fourth-order valence-electron chi connectivity index (χ4n) is 3.51. The fourth-order valence-corrected chi connectivity index (χ4v) is 7.07. The van der Waals surface area contributed by atoms with Crippen LogP contribution in [0.3, 0.4) is 0 Å². The van der Waals surface area contributed by atoms with Crippen LogP contribution in [0.5, 0.6) is 0 Å². The van der Waals surface area contributed by atoms with Crippen LogP contribution < -0.4 is 0 Å². The van der Waals surface area contributed by atoms with Gasteiger partial charge in [0.2, 0.25) is 0 Å². The van der Waals surface area contributed by atoms with E-state index in [2.05, 4.69) is 91.9 Å². The summed E-state index contributed by atoms with van der Waals surface area (Å²) in [6.07, 6.45) is 11.4. The second-order valence-electron chi connectivity index (χ2n) is 6.48. The average molecular weight is 474 g/mol. The van der Waals surface area contributed by atoms with E-state index in [-0.39, 0.29) is 24.8 Å². The van der Waals surface area contributed by atoms with Crippen molar-refractivity contribution in [1.29, 1.82) is 0 Å². The Labute approximate surface area is 185 Å². The van der Waals surface area contributed by atoms with Crippen LogP contribution >= 0.6 is 24.8 Å². The molecule has 27 heavy (non-hydrogen) atoms. The van der Waals surface area contributed by atoms with Crippen molar-refractivity contribution in [2.75, 3.05) is 0 Å². The molecule has 0 fully saturated rings. The van der Waals surface area contributed by atoms with Crippen LogP contribution in [0.1, 0.15) is 30.9 Å². The van der Waals surface area contributed by atoms with Gasteiger partial charge in [-0.3, -0.25) is 0 Å². The second kappa shape index (κ2) is 10.3. The maximum atomic E-state index is 2.46. The van der Waals surface area contributed by atoms with Crippen LogP contribution in [0.4, 0.5) is 0 Å². The van der Waals surface area contributed by atoms with E-state index >= 15 is 0 Å². The number of halogens is 2. The average Bonchev–Trinajstić information content (AvgIpc) is 3.31. The molecule has 2 aromatic rings.